The van der Waals surface area contributed by atoms with E-state index in [2.05, 4.69) is 10.2 Å². The van der Waals surface area contributed by atoms with Crippen LogP contribution in [0.4, 0.5) is 5.88 Å². The van der Waals surface area contributed by atoms with Gasteiger partial charge < -0.3 is 4.42 Å². The van der Waals surface area contributed by atoms with E-state index in [4.69, 9.17) is 4.42 Å². The van der Waals surface area contributed by atoms with Gasteiger partial charge in [0.05, 0.1) is 6.07 Å². The standard InChI is InChI=1S/C8H5N3O4/c12-7-3-1-5(9-10-7)6-2-4-8(15-6)11(13)14/h1-4H,(H,10,12). The van der Waals surface area contributed by atoms with Gasteiger partial charge in [-0.25, -0.2) is 5.10 Å². The highest BCUT2D eigenvalue weighted by Crippen LogP contribution is 2.23. The van der Waals surface area contributed by atoms with Crippen molar-refractivity contribution in [2.45, 2.75) is 0 Å². The topological polar surface area (TPSA) is 102 Å². The van der Waals surface area contributed by atoms with Gasteiger partial charge in [0.25, 0.3) is 5.56 Å². The predicted octanol–water partition coefficient (Wildman–Crippen LogP) is 0.938. The second kappa shape index (κ2) is 3.37. The number of nitrogens with zero attached hydrogens (tertiary/aromatic N) is 2. The largest absolute Gasteiger partial charge is 0.433 e. The number of furan rings is 1. The van der Waals surface area contributed by atoms with E-state index in [0.29, 0.717) is 5.69 Å². The fourth-order valence-corrected chi connectivity index (χ4v) is 1.05. The molecule has 0 aliphatic carbocycles. The Morgan fingerprint density at radius 1 is 1.33 bits per heavy atom. The lowest BCUT2D eigenvalue weighted by atomic mass is 10.3. The third-order valence-corrected chi connectivity index (χ3v) is 1.70. The minimum absolute atomic E-state index is 0.234. The highest BCUT2D eigenvalue weighted by atomic mass is 16.6. The Morgan fingerprint density at radius 2 is 2.13 bits per heavy atom. The summed E-state index contributed by atoms with van der Waals surface area (Å²) >= 11 is 0. The van der Waals surface area contributed by atoms with Gasteiger partial charge in [0, 0.05) is 6.07 Å². The first kappa shape index (κ1) is 9.13. The van der Waals surface area contributed by atoms with Crippen LogP contribution in [-0.4, -0.2) is 15.1 Å². The molecular formula is C8H5N3O4. The molecule has 0 fully saturated rings. The normalized spacial score (nSPS) is 10.1. The molecule has 7 nitrogen and oxygen atoms in total. The Balaban J connectivity index is 2.41. The molecule has 0 saturated carbocycles. The molecule has 1 N–H and O–H groups in total. The maximum atomic E-state index is 10.7. The predicted molar refractivity (Wildman–Crippen MR) is 49.2 cm³/mol. The summed E-state index contributed by atoms with van der Waals surface area (Å²) in [6.07, 6.45) is 0. The molecule has 0 atom stereocenters. The van der Waals surface area contributed by atoms with Crippen LogP contribution < -0.4 is 5.56 Å². The van der Waals surface area contributed by atoms with Gasteiger partial charge in [0.2, 0.25) is 0 Å². The molecule has 0 saturated heterocycles. The molecule has 2 rings (SSSR count). The molecule has 15 heavy (non-hydrogen) atoms. The summed E-state index contributed by atoms with van der Waals surface area (Å²) in [5, 5.41) is 16.2. The quantitative estimate of drug-likeness (QED) is 0.583. The number of nitrogens with one attached hydrogen (secondary N) is 1. The van der Waals surface area contributed by atoms with E-state index in [1.807, 2.05) is 0 Å². The van der Waals surface area contributed by atoms with Crippen LogP contribution in [0.15, 0.2) is 33.5 Å². The highest BCUT2D eigenvalue weighted by Gasteiger charge is 2.13. The molecular weight excluding hydrogens is 202 g/mol. The fourth-order valence-electron chi connectivity index (χ4n) is 1.05. The van der Waals surface area contributed by atoms with E-state index in [1.54, 1.807) is 0 Å². The Hall–Kier alpha value is -2.44. The zero-order chi connectivity index (χ0) is 10.8. The second-order valence-corrected chi connectivity index (χ2v) is 2.70. The molecule has 0 amide bonds. The van der Waals surface area contributed by atoms with E-state index >= 15 is 0 Å². The molecule has 7 heteroatoms. The summed E-state index contributed by atoms with van der Waals surface area (Å²) in [6.45, 7) is 0. The van der Waals surface area contributed by atoms with Crippen molar-refractivity contribution in [3.05, 3.63) is 44.7 Å². The van der Waals surface area contributed by atoms with E-state index in [1.165, 1.54) is 24.3 Å². The van der Waals surface area contributed by atoms with Crippen LogP contribution in [0.3, 0.4) is 0 Å². The van der Waals surface area contributed by atoms with Crippen molar-refractivity contribution in [2.75, 3.05) is 0 Å². The Kier molecular flexibility index (Phi) is 2.05. The van der Waals surface area contributed by atoms with Crippen LogP contribution in [0.25, 0.3) is 11.5 Å². The van der Waals surface area contributed by atoms with E-state index in [9.17, 15) is 14.9 Å². The number of hydrogen-bond acceptors (Lipinski definition) is 5. The third-order valence-electron chi connectivity index (χ3n) is 1.70. The van der Waals surface area contributed by atoms with Gasteiger partial charge in [-0.3, -0.25) is 14.9 Å². The van der Waals surface area contributed by atoms with Crippen LogP contribution >= 0.6 is 0 Å². The van der Waals surface area contributed by atoms with Crippen molar-refractivity contribution in [1.82, 2.24) is 10.2 Å². The number of aromatic amines is 1. The molecule has 0 spiro atoms. The van der Waals surface area contributed by atoms with E-state index in [-0.39, 0.29) is 17.2 Å². The highest BCUT2D eigenvalue weighted by molar-refractivity contribution is 5.52. The van der Waals surface area contributed by atoms with Crippen molar-refractivity contribution in [3.8, 4) is 11.5 Å². The molecule has 0 bridgehead atoms. The summed E-state index contributed by atoms with van der Waals surface area (Å²) in [7, 11) is 0. The smallest absolute Gasteiger partial charge is 0.399 e. The van der Waals surface area contributed by atoms with Crippen molar-refractivity contribution < 1.29 is 9.34 Å². The lowest BCUT2D eigenvalue weighted by Gasteiger charge is -1.91. The number of hydrogen-bond donors (Lipinski definition) is 1. The summed E-state index contributed by atoms with van der Waals surface area (Å²) in [5.41, 5.74) is -0.0116. The first-order valence-electron chi connectivity index (χ1n) is 3.97. The van der Waals surface area contributed by atoms with Crippen molar-refractivity contribution in [1.29, 1.82) is 0 Å². The van der Waals surface area contributed by atoms with Crippen LogP contribution in [0.2, 0.25) is 0 Å². The third kappa shape index (κ3) is 1.75. The number of nitro groups is 1. The Morgan fingerprint density at radius 3 is 2.67 bits per heavy atom. The molecule has 2 aromatic rings. The van der Waals surface area contributed by atoms with Crippen LogP contribution in [0.1, 0.15) is 0 Å². The molecule has 0 unspecified atom stereocenters. The zero-order valence-corrected chi connectivity index (χ0v) is 7.34. The van der Waals surface area contributed by atoms with Gasteiger partial charge >= 0.3 is 5.88 Å². The fraction of sp³-hybridized carbons (Fsp3) is 0. The van der Waals surface area contributed by atoms with Crippen molar-refractivity contribution >= 4 is 5.88 Å². The molecule has 0 aliphatic rings. The maximum Gasteiger partial charge on any atom is 0.433 e. The lowest BCUT2D eigenvalue weighted by Crippen LogP contribution is -2.05. The molecule has 76 valence electrons. The van der Waals surface area contributed by atoms with Crippen molar-refractivity contribution in [3.63, 3.8) is 0 Å². The van der Waals surface area contributed by atoms with Crippen LogP contribution in [0.5, 0.6) is 0 Å². The molecule has 0 aliphatic heterocycles. The zero-order valence-electron chi connectivity index (χ0n) is 7.34. The Bertz CT molecular complexity index is 537. The first-order chi connectivity index (χ1) is 7.16. The SMILES string of the molecule is O=c1ccc(-c2ccc([N+](=O)[O-])o2)n[nH]1. The van der Waals surface area contributed by atoms with Crippen LogP contribution in [-0.2, 0) is 0 Å². The number of aromatic nitrogens is 2. The lowest BCUT2D eigenvalue weighted by molar-refractivity contribution is -0.401. The summed E-state index contributed by atoms with van der Waals surface area (Å²) < 4.78 is 4.89. The van der Waals surface area contributed by atoms with Gasteiger partial charge in [-0.15, -0.1) is 0 Å². The molecule has 2 aromatic heterocycles. The average Bonchev–Trinajstić information content (AvgIpc) is 2.68. The maximum absolute atomic E-state index is 10.7. The minimum atomic E-state index is -0.644. The Labute approximate surface area is 82.5 Å². The van der Waals surface area contributed by atoms with Gasteiger partial charge in [-0.1, -0.05) is 0 Å². The van der Waals surface area contributed by atoms with Gasteiger partial charge in [0.15, 0.2) is 5.76 Å². The second-order valence-electron chi connectivity index (χ2n) is 2.70. The van der Waals surface area contributed by atoms with Gasteiger partial charge in [-0.05, 0) is 12.1 Å². The minimum Gasteiger partial charge on any atom is -0.399 e. The molecule has 0 radical (unpaired) electrons. The van der Waals surface area contributed by atoms with Gasteiger partial charge in [0.1, 0.15) is 10.6 Å². The number of rotatable bonds is 2. The first-order valence-corrected chi connectivity index (χ1v) is 3.97. The summed E-state index contributed by atoms with van der Waals surface area (Å²) in [4.78, 5) is 20.4. The monoisotopic (exact) mass is 207 g/mol. The summed E-state index contributed by atoms with van der Waals surface area (Å²) in [5.74, 6) is -0.129. The van der Waals surface area contributed by atoms with Crippen LogP contribution in [0, 0.1) is 10.1 Å². The van der Waals surface area contributed by atoms with E-state index in [0.717, 1.165) is 0 Å². The average molecular weight is 207 g/mol. The number of H-pyrrole nitrogens is 1. The summed E-state index contributed by atoms with van der Waals surface area (Å²) in [6, 6.07) is 5.32. The molecule has 0 aromatic carbocycles. The van der Waals surface area contributed by atoms with Gasteiger partial charge in [-0.2, -0.15) is 5.10 Å². The van der Waals surface area contributed by atoms with Crippen molar-refractivity contribution in [2.24, 2.45) is 0 Å². The van der Waals surface area contributed by atoms with E-state index < -0.39 is 4.92 Å². The molecule has 2 heterocycles.